The summed E-state index contributed by atoms with van der Waals surface area (Å²) in [5.74, 6) is -0.166. The first-order chi connectivity index (χ1) is 14.9. The summed E-state index contributed by atoms with van der Waals surface area (Å²) in [6.45, 7) is 4.84. The summed E-state index contributed by atoms with van der Waals surface area (Å²) in [6, 6.07) is 15.5. The second-order valence-corrected chi connectivity index (χ2v) is 9.04. The Morgan fingerprint density at radius 3 is 2.87 bits per heavy atom. The Bertz CT molecular complexity index is 1140. The Labute approximate surface area is 185 Å². The number of rotatable bonds is 6. The lowest BCUT2D eigenvalue weighted by molar-refractivity contribution is -0.131. The predicted molar refractivity (Wildman–Crippen MR) is 124 cm³/mol. The van der Waals surface area contributed by atoms with E-state index in [0.717, 1.165) is 22.9 Å². The van der Waals surface area contributed by atoms with Crippen molar-refractivity contribution in [1.82, 2.24) is 15.5 Å². The second kappa shape index (κ2) is 8.51. The topological polar surface area (TPSA) is 85.3 Å². The van der Waals surface area contributed by atoms with E-state index in [2.05, 4.69) is 34.2 Å². The molecule has 0 saturated carbocycles. The summed E-state index contributed by atoms with van der Waals surface area (Å²) in [4.78, 5) is 26.7. The van der Waals surface area contributed by atoms with E-state index in [9.17, 15) is 9.59 Å². The number of nitrogens with one attached hydrogen (secondary N) is 3. The third-order valence-corrected chi connectivity index (χ3v) is 6.52. The number of nitrogens with zero attached hydrogens (tertiary/aromatic N) is 1. The minimum atomic E-state index is -0.636. The first-order valence-electron chi connectivity index (χ1n) is 10.4. The van der Waals surface area contributed by atoms with E-state index in [1.165, 1.54) is 9.60 Å². The number of hydrogen-bond acceptors (Lipinski definition) is 4. The highest BCUT2D eigenvalue weighted by Gasteiger charge is 2.39. The van der Waals surface area contributed by atoms with E-state index in [0.29, 0.717) is 12.1 Å². The molecule has 3 N–H and O–H groups in total. The fourth-order valence-corrected chi connectivity index (χ4v) is 4.65. The van der Waals surface area contributed by atoms with Crippen LogP contribution in [0.25, 0.3) is 10.1 Å². The van der Waals surface area contributed by atoms with Crippen LogP contribution in [0.4, 0.5) is 0 Å². The van der Waals surface area contributed by atoms with Crippen LogP contribution in [0, 0.1) is 5.41 Å². The van der Waals surface area contributed by atoms with Gasteiger partial charge in [0.25, 0.3) is 5.91 Å². The molecule has 0 radical (unpaired) electrons. The van der Waals surface area contributed by atoms with E-state index in [1.54, 1.807) is 23.5 Å². The second-order valence-electron chi connectivity index (χ2n) is 8.09. The monoisotopic (exact) mass is 434 g/mol. The molecule has 0 spiro atoms. The number of carbonyl (C=O) groups is 2. The first-order valence-corrected chi connectivity index (χ1v) is 11.3. The molecule has 1 aromatic heterocycles. The molecule has 0 bridgehead atoms. The third-order valence-electron chi connectivity index (χ3n) is 5.62. The molecule has 3 aromatic rings. The molecule has 7 heteroatoms. The summed E-state index contributed by atoms with van der Waals surface area (Å²) in [6.07, 6.45) is 1.12. The van der Waals surface area contributed by atoms with Gasteiger partial charge in [-0.2, -0.15) is 0 Å². The van der Waals surface area contributed by atoms with Gasteiger partial charge in [0.15, 0.2) is 5.96 Å². The molecule has 2 heterocycles. The van der Waals surface area contributed by atoms with Gasteiger partial charge in [-0.1, -0.05) is 25.1 Å². The molecule has 2 aromatic carbocycles. The Hall–Kier alpha value is -3.19. The molecule has 1 aliphatic heterocycles. The number of benzene rings is 2. The minimum Gasteiger partial charge on any atom is -0.352 e. The molecule has 31 heavy (non-hydrogen) atoms. The third kappa shape index (κ3) is 4.32. The minimum absolute atomic E-state index is 0.0741. The van der Waals surface area contributed by atoms with Crippen LogP contribution >= 0.6 is 11.3 Å². The van der Waals surface area contributed by atoms with Crippen molar-refractivity contribution in [3.63, 3.8) is 0 Å². The maximum Gasteiger partial charge on any atom is 0.251 e. The molecule has 6 nitrogen and oxygen atoms in total. The normalized spacial score (nSPS) is 18.8. The van der Waals surface area contributed by atoms with Crippen molar-refractivity contribution in [2.24, 2.45) is 0 Å². The smallest absolute Gasteiger partial charge is 0.251 e. The molecular weight excluding hydrogens is 408 g/mol. The van der Waals surface area contributed by atoms with Crippen molar-refractivity contribution in [3.8, 4) is 0 Å². The van der Waals surface area contributed by atoms with Crippen LogP contribution < -0.4 is 10.6 Å². The molecular formula is C24H26N4O2S. The molecule has 1 saturated heterocycles. The molecule has 2 amide bonds. The van der Waals surface area contributed by atoms with Gasteiger partial charge in [-0.15, -0.1) is 11.3 Å². The van der Waals surface area contributed by atoms with Gasteiger partial charge in [-0.05, 0) is 65.6 Å². The van der Waals surface area contributed by atoms with Crippen molar-refractivity contribution in [1.29, 1.82) is 5.41 Å². The highest BCUT2D eigenvalue weighted by Crippen LogP contribution is 2.33. The highest BCUT2D eigenvalue weighted by atomic mass is 32.1. The average Bonchev–Trinajstić information content (AvgIpc) is 3.23. The molecule has 1 fully saturated rings. The Kier molecular flexibility index (Phi) is 5.78. The van der Waals surface area contributed by atoms with Crippen LogP contribution in [-0.2, 0) is 16.9 Å². The number of guanidine groups is 1. The summed E-state index contributed by atoms with van der Waals surface area (Å²) >= 11 is 1.69. The Morgan fingerprint density at radius 2 is 2.10 bits per heavy atom. The molecule has 4 rings (SSSR count). The van der Waals surface area contributed by atoms with Gasteiger partial charge >= 0.3 is 0 Å². The number of fused-ring (bicyclic) bond motifs is 1. The van der Waals surface area contributed by atoms with Gasteiger partial charge in [0.2, 0.25) is 5.91 Å². The summed E-state index contributed by atoms with van der Waals surface area (Å²) in [5.41, 5.74) is 1.73. The largest absolute Gasteiger partial charge is 0.352 e. The summed E-state index contributed by atoms with van der Waals surface area (Å²) in [7, 11) is 0. The van der Waals surface area contributed by atoms with Gasteiger partial charge in [0.1, 0.15) is 0 Å². The van der Waals surface area contributed by atoms with Crippen molar-refractivity contribution in [3.05, 3.63) is 70.6 Å². The molecule has 1 aliphatic rings. The first kappa shape index (κ1) is 21.1. The van der Waals surface area contributed by atoms with Crippen LogP contribution in [0.15, 0.2) is 53.9 Å². The van der Waals surface area contributed by atoms with Crippen molar-refractivity contribution in [2.45, 2.75) is 38.8 Å². The van der Waals surface area contributed by atoms with E-state index in [-0.39, 0.29) is 30.7 Å². The van der Waals surface area contributed by atoms with Gasteiger partial charge < -0.3 is 10.6 Å². The quantitative estimate of drug-likeness (QED) is 0.543. The molecule has 0 unspecified atom stereocenters. The van der Waals surface area contributed by atoms with Crippen molar-refractivity contribution < 1.29 is 9.59 Å². The fourth-order valence-electron chi connectivity index (χ4n) is 3.88. The van der Waals surface area contributed by atoms with Crippen molar-refractivity contribution >= 4 is 39.2 Å². The zero-order valence-electron chi connectivity index (χ0n) is 17.7. The molecule has 1 atom stereocenters. The summed E-state index contributed by atoms with van der Waals surface area (Å²) in [5, 5.41) is 17.8. The molecule has 160 valence electrons. The zero-order valence-corrected chi connectivity index (χ0v) is 18.5. The van der Waals surface area contributed by atoms with Crippen LogP contribution in [0.1, 0.15) is 48.2 Å². The SMILES string of the molecule is CCCNC(=O)c1cccc(CN2C(=N)N[C@](C)(c3ccc4sccc4c3)CC2=O)c1. The van der Waals surface area contributed by atoms with Crippen LogP contribution in [0.2, 0.25) is 0 Å². The lowest BCUT2D eigenvalue weighted by atomic mass is 9.86. The van der Waals surface area contributed by atoms with E-state index < -0.39 is 5.54 Å². The average molecular weight is 435 g/mol. The van der Waals surface area contributed by atoms with E-state index in [1.807, 2.05) is 32.0 Å². The maximum atomic E-state index is 13.0. The lowest BCUT2D eigenvalue weighted by Crippen LogP contribution is -2.59. The maximum absolute atomic E-state index is 13.0. The van der Waals surface area contributed by atoms with E-state index >= 15 is 0 Å². The van der Waals surface area contributed by atoms with Gasteiger partial charge in [-0.25, -0.2) is 0 Å². The number of carbonyl (C=O) groups excluding carboxylic acids is 2. The zero-order chi connectivity index (χ0) is 22.0. The van der Waals surface area contributed by atoms with Gasteiger partial charge in [-0.3, -0.25) is 19.9 Å². The van der Waals surface area contributed by atoms with Crippen molar-refractivity contribution in [2.75, 3.05) is 6.54 Å². The number of thiophene rings is 1. The van der Waals surface area contributed by atoms with Gasteiger partial charge in [0, 0.05) is 16.8 Å². The highest BCUT2D eigenvalue weighted by molar-refractivity contribution is 7.17. The Balaban J connectivity index is 1.50. The fraction of sp³-hybridized carbons (Fsp3) is 0.292. The number of hydrogen-bond donors (Lipinski definition) is 3. The number of amides is 2. The van der Waals surface area contributed by atoms with Gasteiger partial charge in [0.05, 0.1) is 18.5 Å². The van der Waals surface area contributed by atoms with E-state index in [4.69, 9.17) is 5.41 Å². The van der Waals surface area contributed by atoms with Crippen LogP contribution in [-0.4, -0.2) is 29.2 Å². The van der Waals surface area contributed by atoms with Crippen LogP contribution in [0.3, 0.4) is 0 Å². The van der Waals surface area contributed by atoms with Crippen LogP contribution in [0.5, 0.6) is 0 Å². The lowest BCUT2D eigenvalue weighted by Gasteiger charge is -2.41. The molecule has 0 aliphatic carbocycles. The summed E-state index contributed by atoms with van der Waals surface area (Å²) < 4.78 is 1.20. The standard InChI is InChI=1S/C24H26N4O2S/c1-3-10-26-22(30)18-6-4-5-16(12-18)15-28-21(29)14-24(2,27-23(28)25)19-7-8-20-17(13-19)9-11-31-20/h4-9,11-13H,3,10,14-15H2,1-2H3,(H2,25,27)(H,26,30)/t24-/m0/s1. The Morgan fingerprint density at radius 1 is 1.26 bits per heavy atom. The predicted octanol–water partition coefficient (Wildman–Crippen LogP) is 4.21.